The van der Waals surface area contributed by atoms with E-state index in [9.17, 15) is 4.79 Å². The lowest BCUT2D eigenvalue weighted by Crippen LogP contribution is -2.29. The summed E-state index contributed by atoms with van der Waals surface area (Å²) >= 11 is 0. The molecule has 1 aromatic heterocycles. The van der Waals surface area contributed by atoms with E-state index in [-0.39, 0.29) is 12.0 Å². The van der Waals surface area contributed by atoms with Gasteiger partial charge in [-0.1, -0.05) is 12.1 Å². The zero-order valence-electron chi connectivity index (χ0n) is 12.9. The number of benzene rings is 1. The van der Waals surface area contributed by atoms with Crippen LogP contribution in [0.2, 0.25) is 0 Å². The van der Waals surface area contributed by atoms with Crippen molar-refractivity contribution in [1.29, 1.82) is 0 Å². The highest BCUT2D eigenvalue weighted by molar-refractivity contribution is 5.81. The fraction of sp³-hybridized carbons (Fsp3) is 0.500. The van der Waals surface area contributed by atoms with E-state index in [1.54, 1.807) is 0 Å². The topological polar surface area (TPSA) is 56.2 Å². The molecule has 0 aliphatic heterocycles. The Balaban J connectivity index is 1.86. The molecular formula is C16H23N3O2. The second-order valence-electron chi connectivity index (χ2n) is 5.36. The molecule has 5 nitrogen and oxygen atoms in total. The molecule has 0 fully saturated rings. The number of para-hydroxylation sites is 2. The summed E-state index contributed by atoms with van der Waals surface area (Å²) in [5.74, 6) is 0.861. The number of imidazole rings is 1. The minimum absolute atomic E-state index is 0.00537. The fourth-order valence-corrected chi connectivity index (χ4v) is 2.21. The zero-order chi connectivity index (χ0) is 15.2. The van der Waals surface area contributed by atoms with Crippen LogP contribution in [0.25, 0.3) is 11.0 Å². The Morgan fingerprint density at radius 1 is 1.38 bits per heavy atom. The molecular weight excluding hydrogens is 266 g/mol. The molecule has 1 heterocycles. The molecule has 1 aromatic carbocycles. The van der Waals surface area contributed by atoms with Crippen LogP contribution in [-0.2, 0) is 16.1 Å². The Bertz CT molecular complexity index is 605. The van der Waals surface area contributed by atoms with E-state index < -0.39 is 0 Å². The van der Waals surface area contributed by atoms with E-state index >= 15 is 0 Å². The van der Waals surface area contributed by atoms with Crippen molar-refractivity contribution in [1.82, 2.24) is 14.9 Å². The third kappa shape index (κ3) is 4.29. The van der Waals surface area contributed by atoms with Crippen molar-refractivity contribution in [2.75, 3.05) is 13.2 Å². The second-order valence-corrected chi connectivity index (χ2v) is 5.36. The van der Waals surface area contributed by atoms with Gasteiger partial charge in [-0.25, -0.2) is 4.98 Å². The number of carbonyl (C=O) groups excluding carboxylic acids is 1. The van der Waals surface area contributed by atoms with Gasteiger partial charge in [0.05, 0.1) is 17.1 Å². The van der Waals surface area contributed by atoms with Crippen LogP contribution in [-0.4, -0.2) is 34.7 Å². The maximum Gasteiger partial charge on any atom is 0.240 e. The van der Waals surface area contributed by atoms with Gasteiger partial charge in [0.1, 0.15) is 12.4 Å². The van der Waals surface area contributed by atoms with Gasteiger partial charge in [-0.05, 0) is 39.3 Å². The van der Waals surface area contributed by atoms with Crippen LogP contribution in [0, 0.1) is 6.92 Å². The number of nitrogens with one attached hydrogen (secondary N) is 1. The van der Waals surface area contributed by atoms with Crippen molar-refractivity contribution < 1.29 is 9.53 Å². The van der Waals surface area contributed by atoms with Crippen LogP contribution < -0.4 is 5.32 Å². The van der Waals surface area contributed by atoms with Gasteiger partial charge in [-0.2, -0.15) is 0 Å². The molecule has 0 saturated heterocycles. The second kappa shape index (κ2) is 7.22. The van der Waals surface area contributed by atoms with Crippen molar-refractivity contribution in [3.63, 3.8) is 0 Å². The average Bonchev–Trinajstić information content (AvgIpc) is 2.74. The van der Waals surface area contributed by atoms with Crippen molar-refractivity contribution in [2.45, 2.75) is 39.8 Å². The highest BCUT2D eigenvalue weighted by Crippen LogP contribution is 2.14. The van der Waals surface area contributed by atoms with Gasteiger partial charge in [0.15, 0.2) is 0 Å². The summed E-state index contributed by atoms with van der Waals surface area (Å²) in [6.45, 7) is 7.54. The first-order valence-electron chi connectivity index (χ1n) is 7.38. The van der Waals surface area contributed by atoms with E-state index in [1.165, 1.54) is 0 Å². The quantitative estimate of drug-likeness (QED) is 0.796. The van der Waals surface area contributed by atoms with Crippen molar-refractivity contribution >= 4 is 16.9 Å². The lowest BCUT2D eigenvalue weighted by atomic mass is 10.3. The number of hydrogen-bond acceptors (Lipinski definition) is 3. The Morgan fingerprint density at radius 2 is 2.14 bits per heavy atom. The lowest BCUT2D eigenvalue weighted by Gasteiger charge is -2.09. The number of ether oxygens (including phenoxy) is 1. The molecule has 1 N–H and O–H groups in total. The number of aryl methyl sites for hydroxylation is 1. The normalized spacial score (nSPS) is 11.2. The Labute approximate surface area is 125 Å². The Kier molecular flexibility index (Phi) is 5.33. The third-order valence-electron chi connectivity index (χ3n) is 3.24. The van der Waals surface area contributed by atoms with Gasteiger partial charge in [-0.3, -0.25) is 4.79 Å². The number of carbonyl (C=O) groups is 1. The molecule has 2 rings (SSSR count). The molecule has 0 unspecified atom stereocenters. The Morgan fingerprint density at radius 3 is 2.90 bits per heavy atom. The minimum atomic E-state index is 0.00537. The SMILES string of the molecule is Cc1nc2ccccc2n1CC(=O)NCCCOC(C)C. The average molecular weight is 289 g/mol. The zero-order valence-corrected chi connectivity index (χ0v) is 12.9. The summed E-state index contributed by atoms with van der Waals surface area (Å²) in [5.41, 5.74) is 1.92. The molecule has 0 bridgehead atoms. The molecule has 0 spiro atoms. The number of aromatic nitrogens is 2. The van der Waals surface area contributed by atoms with E-state index in [2.05, 4.69) is 10.3 Å². The highest BCUT2D eigenvalue weighted by Gasteiger charge is 2.10. The molecule has 0 aliphatic carbocycles. The van der Waals surface area contributed by atoms with Gasteiger partial charge in [0.25, 0.3) is 0 Å². The first kappa shape index (κ1) is 15.5. The van der Waals surface area contributed by atoms with Crippen LogP contribution in [0.5, 0.6) is 0 Å². The highest BCUT2D eigenvalue weighted by atomic mass is 16.5. The first-order chi connectivity index (χ1) is 10.1. The van der Waals surface area contributed by atoms with Crippen molar-refractivity contribution in [3.05, 3.63) is 30.1 Å². The predicted octanol–water partition coefficient (Wildman–Crippen LogP) is 2.28. The smallest absolute Gasteiger partial charge is 0.240 e. The van der Waals surface area contributed by atoms with Gasteiger partial charge in [0.2, 0.25) is 5.91 Å². The predicted molar refractivity (Wildman–Crippen MR) is 83.2 cm³/mol. The summed E-state index contributed by atoms with van der Waals surface area (Å²) in [7, 11) is 0. The van der Waals surface area contributed by atoms with Crippen molar-refractivity contribution in [2.24, 2.45) is 0 Å². The summed E-state index contributed by atoms with van der Waals surface area (Å²) in [5, 5.41) is 2.92. The number of hydrogen-bond donors (Lipinski definition) is 1. The summed E-state index contributed by atoms with van der Waals surface area (Å²) in [4.78, 5) is 16.5. The van der Waals surface area contributed by atoms with Gasteiger partial charge < -0.3 is 14.6 Å². The number of rotatable bonds is 7. The summed E-state index contributed by atoms with van der Waals surface area (Å²) < 4.78 is 7.38. The van der Waals surface area contributed by atoms with E-state index in [0.29, 0.717) is 19.7 Å². The van der Waals surface area contributed by atoms with Gasteiger partial charge in [0, 0.05) is 13.2 Å². The molecule has 0 atom stereocenters. The van der Waals surface area contributed by atoms with E-state index in [0.717, 1.165) is 23.3 Å². The number of amides is 1. The van der Waals surface area contributed by atoms with Gasteiger partial charge in [-0.15, -0.1) is 0 Å². The third-order valence-corrected chi connectivity index (χ3v) is 3.24. The fourth-order valence-electron chi connectivity index (χ4n) is 2.21. The molecule has 0 aliphatic rings. The molecule has 114 valence electrons. The van der Waals surface area contributed by atoms with Crippen LogP contribution in [0.1, 0.15) is 26.1 Å². The largest absolute Gasteiger partial charge is 0.379 e. The first-order valence-corrected chi connectivity index (χ1v) is 7.38. The molecule has 0 radical (unpaired) electrons. The standard InChI is InChI=1S/C16H23N3O2/c1-12(2)21-10-6-9-17-16(20)11-19-13(3)18-14-7-4-5-8-15(14)19/h4-5,7-8,12H,6,9-11H2,1-3H3,(H,17,20). The van der Waals surface area contributed by atoms with Crippen LogP contribution >= 0.6 is 0 Å². The monoisotopic (exact) mass is 289 g/mol. The maximum absolute atomic E-state index is 12.0. The van der Waals surface area contributed by atoms with E-state index in [4.69, 9.17) is 4.74 Å². The number of fused-ring (bicyclic) bond motifs is 1. The molecule has 0 saturated carbocycles. The van der Waals surface area contributed by atoms with Crippen molar-refractivity contribution in [3.8, 4) is 0 Å². The minimum Gasteiger partial charge on any atom is -0.379 e. The van der Waals surface area contributed by atoms with Crippen LogP contribution in [0.4, 0.5) is 0 Å². The number of nitrogens with zero attached hydrogens (tertiary/aromatic N) is 2. The summed E-state index contributed by atoms with van der Waals surface area (Å²) in [6, 6.07) is 7.86. The maximum atomic E-state index is 12.0. The lowest BCUT2D eigenvalue weighted by molar-refractivity contribution is -0.121. The molecule has 5 heteroatoms. The Hall–Kier alpha value is -1.88. The molecule has 1 amide bonds. The molecule has 21 heavy (non-hydrogen) atoms. The van der Waals surface area contributed by atoms with Crippen LogP contribution in [0.3, 0.4) is 0 Å². The van der Waals surface area contributed by atoms with Gasteiger partial charge >= 0.3 is 0 Å². The molecule has 2 aromatic rings. The van der Waals surface area contributed by atoms with Crippen LogP contribution in [0.15, 0.2) is 24.3 Å². The van der Waals surface area contributed by atoms with E-state index in [1.807, 2.05) is 49.6 Å². The summed E-state index contributed by atoms with van der Waals surface area (Å²) in [6.07, 6.45) is 1.06.